The Bertz CT molecular complexity index is 391. The van der Waals surface area contributed by atoms with Crippen LogP contribution in [-0.2, 0) is 4.79 Å². The van der Waals surface area contributed by atoms with Gasteiger partial charge in [0.25, 0.3) is 0 Å². The molecule has 1 aromatic carbocycles. The van der Waals surface area contributed by atoms with Gasteiger partial charge in [0, 0.05) is 4.47 Å². The molecule has 0 saturated heterocycles. The molecule has 0 atom stereocenters. The first kappa shape index (κ1) is 12.6. The molecule has 0 heterocycles. The van der Waals surface area contributed by atoms with Crippen molar-refractivity contribution < 1.29 is 24.1 Å². The van der Waals surface area contributed by atoms with E-state index in [-0.39, 0.29) is 0 Å². The van der Waals surface area contributed by atoms with Crippen LogP contribution in [0, 0.1) is 0 Å². The summed E-state index contributed by atoms with van der Waals surface area (Å²) in [5.41, 5.74) is 0. The average Bonchev–Trinajstić information content (AvgIpc) is 2.25. The first-order chi connectivity index (χ1) is 7.58. The van der Waals surface area contributed by atoms with Crippen LogP contribution in [0.5, 0.6) is 17.2 Å². The molecule has 6 heteroatoms. The summed E-state index contributed by atoms with van der Waals surface area (Å²) in [6.07, 6.45) is 0. The third kappa shape index (κ3) is 3.03. The average molecular weight is 291 g/mol. The van der Waals surface area contributed by atoms with E-state index < -0.39 is 12.6 Å². The second-order valence-corrected chi connectivity index (χ2v) is 3.74. The smallest absolute Gasteiger partial charge is 0.341 e. The molecule has 0 radical (unpaired) electrons. The number of carboxylic acid groups (broad SMARTS) is 1. The molecule has 88 valence electrons. The number of carboxylic acids is 1. The van der Waals surface area contributed by atoms with Crippen LogP contribution < -0.4 is 14.2 Å². The number of benzene rings is 1. The lowest BCUT2D eigenvalue weighted by Crippen LogP contribution is -2.10. The Kier molecular flexibility index (Phi) is 4.42. The molecule has 5 nitrogen and oxygen atoms in total. The predicted octanol–water partition coefficient (Wildman–Crippen LogP) is 1.93. The van der Waals surface area contributed by atoms with Crippen molar-refractivity contribution in [2.75, 3.05) is 20.8 Å². The lowest BCUT2D eigenvalue weighted by Gasteiger charge is -2.13. The number of methoxy groups -OCH3 is 2. The van der Waals surface area contributed by atoms with Crippen molar-refractivity contribution in [3.63, 3.8) is 0 Å². The van der Waals surface area contributed by atoms with E-state index in [0.29, 0.717) is 21.7 Å². The molecule has 1 N–H and O–H groups in total. The molecule has 0 aliphatic carbocycles. The van der Waals surface area contributed by atoms with Crippen molar-refractivity contribution in [3.05, 3.63) is 16.6 Å². The second kappa shape index (κ2) is 5.60. The monoisotopic (exact) mass is 290 g/mol. The second-order valence-electron chi connectivity index (χ2n) is 2.82. The molecule has 16 heavy (non-hydrogen) atoms. The van der Waals surface area contributed by atoms with Crippen LogP contribution in [0.3, 0.4) is 0 Å². The van der Waals surface area contributed by atoms with E-state index >= 15 is 0 Å². The van der Waals surface area contributed by atoms with Crippen LogP contribution in [0.2, 0.25) is 0 Å². The molecule has 0 saturated carbocycles. The summed E-state index contributed by atoms with van der Waals surface area (Å²) in [7, 11) is 2.95. The fourth-order valence-electron chi connectivity index (χ4n) is 1.14. The minimum Gasteiger partial charge on any atom is -0.493 e. The van der Waals surface area contributed by atoms with Crippen LogP contribution in [0.1, 0.15) is 0 Å². The highest BCUT2D eigenvalue weighted by atomic mass is 79.9. The molecular formula is C10H11BrO5. The van der Waals surface area contributed by atoms with Gasteiger partial charge in [0.2, 0.25) is 5.75 Å². The Balaban J connectivity index is 3.04. The van der Waals surface area contributed by atoms with Gasteiger partial charge in [0.05, 0.1) is 14.2 Å². The molecule has 1 aromatic rings. The maximum absolute atomic E-state index is 10.4. The molecular weight excluding hydrogens is 280 g/mol. The summed E-state index contributed by atoms with van der Waals surface area (Å²) in [6, 6.07) is 3.32. The van der Waals surface area contributed by atoms with Gasteiger partial charge in [0.15, 0.2) is 18.1 Å². The van der Waals surface area contributed by atoms with E-state index in [2.05, 4.69) is 15.9 Å². The van der Waals surface area contributed by atoms with Gasteiger partial charge in [-0.15, -0.1) is 0 Å². The number of hydrogen-bond acceptors (Lipinski definition) is 4. The molecule has 0 bridgehead atoms. The van der Waals surface area contributed by atoms with Crippen molar-refractivity contribution in [3.8, 4) is 17.2 Å². The van der Waals surface area contributed by atoms with E-state index in [9.17, 15) is 4.79 Å². The summed E-state index contributed by atoms with van der Waals surface area (Å²) >= 11 is 3.26. The third-order valence-corrected chi connectivity index (χ3v) is 2.22. The van der Waals surface area contributed by atoms with Gasteiger partial charge in [-0.2, -0.15) is 0 Å². The lowest BCUT2D eigenvalue weighted by atomic mass is 10.3. The van der Waals surface area contributed by atoms with Crippen LogP contribution in [-0.4, -0.2) is 31.9 Å². The first-order valence-corrected chi connectivity index (χ1v) is 5.14. The first-order valence-electron chi connectivity index (χ1n) is 4.34. The summed E-state index contributed by atoms with van der Waals surface area (Å²) < 4.78 is 16.0. The van der Waals surface area contributed by atoms with E-state index in [0.717, 1.165) is 0 Å². The Hall–Kier alpha value is -1.43. The Labute approximate surface area is 101 Å². The highest BCUT2D eigenvalue weighted by Crippen LogP contribution is 2.39. The maximum atomic E-state index is 10.4. The van der Waals surface area contributed by atoms with Gasteiger partial charge in [-0.05, 0) is 12.1 Å². The minimum atomic E-state index is -1.05. The number of halogens is 1. The van der Waals surface area contributed by atoms with Gasteiger partial charge >= 0.3 is 5.97 Å². The number of carbonyl (C=O) groups is 1. The van der Waals surface area contributed by atoms with Crippen LogP contribution in [0.15, 0.2) is 16.6 Å². The minimum absolute atomic E-state index is 0.316. The number of hydrogen-bond donors (Lipinski definition) is 1. The van der Waals surface area contributed by atoms with Crippen molar-refractivity contribution in [2.45, 2.75) is 0 Å². The Morgan fingerprint density at radius 2 is 1.94 bits per heavy atom. The summed E-state index contributed by atoms with van der Waals surface area (Å²) in [6.45, 7) is -0.435. The molecule has 0 aliphatic rings. The van der Waals surface area contributed by atoms with E-state index in [4.69, 9.17) is 19.3 Å². The van der Waals surface area contributed by atoms with Gasteiger partial charge in [-0.1, -0.05) is 15.9 Å². The molecule has 0 amide bonds. The number of rotatable bonds is 5. The highest BCUT2D eigenvalue weighted by Gasteiger charge is 2.13. The van der Waals surface area contributed by atoms with Crippen LogP contribution >= 0.6 is 15.9 Å². The molecule has 1 rings (SSSR count). The zero-order chi connectivity index (χ0) is 12.1. The van der Waals surface area contributed by atoms with Crippen LogP contribution in [0.4, 0.5) is 0 Å². The van der Waals surface area contributed by atoms with Crippen molar-refractivity contribution in [1.29, 1.82) is 0 Å². The third-order valence-electron chi connectivity index (χ3n) is 1.76. The van der Waals surface area contributed by atoms with Crippen molar-refractivity contribution in [2.24, 2.45) is 0 Å². The van der Waals surface area contributed by atoms with Crippen LogP contribution in [0.25, 0.3) is 0 Å². The number of aliphatic carboxylic acids is 1. The Morgan fingerprint density at radius 3 is 2.44 bits per heavy atom. The summed E-state index contributed by atoms with van der Waals surface area (Å²) in [4.78, 5) is 10.4. The fraction of sp³-hybridized carbons (Fsp3) is 0.300. The molecule has 0 fully saturated rings. The number of ether oxygens (including phenoxy) is 3. The normalized spacial score (nSPS) is 9.69. The van der Waals surface area contributed by atoms with Gasteiger partial charge < -0.3 is 19.3 Å². The maximum Gasteiger partial charge on any atom is 0.341 e. The highest BCUT2D eigenvalue weighted by molar-refractivity contribution is 9.10. The quantitative estimate of drug-likeness (QED) is 0.898. The molecule has 0 aromatic heterocycles. The fourth-order valence-corrected chi connectivity index (χ4v) is 1.56. The van der Waals surface area contributed by atoms with Crippen molar-refractivity contribution in [1.82, 2.24) is 0 Å². The van der Waals surface area contributed by atoms with Gasteiger partial charge in [0.1, 0.15) is 0 Å². The largest absolute Gasteiger partial charge is 0.493 e. The van der Waals surface area contributed by atoms with E-state index in [1.807, 2.05) is 0 Å². The lowest BCUT2D eigenvalue weighted by molar-refractivity contribution is -0.139. The molecule has 0 unspecified atom stereocenters. The topological polar surface area (TPSA) is 65.0 Å². The SMILES string of the molecule is COc1cc(Br)cc(OCC(=O)O)c1OC. The van der Waals surface area contributed by atoms with Crippen molar-refractivity contribution >= 4 is 21.9 Å². The zero-order valence-electron chi connectivity index (χ0n) is 8.82. The van der Waals surface area contributed by atoms with E-state index in [1.54, 1.807) is 12.1 Å². The van der Waals surface area contributed by atoms with Gasteiger partial charge in [-0.3, -0.25) is 0 Å². The molecule has 0 spiro atoms. The molecule has 0 aliphatic heterocycles. The summed E-state index contributed by atoms with van der Waals surface area (Å²) in [5, 5.41) is 8.53. The summed E-state index contributed by atoms with van der Waals surface area (Å²) in [5.74, 6) is 0.0985. The predicted molar refractivity (Wildman–Crippen MR) is 60.4 cm³/mol. The Morgan fingerprint density at radius 1 is 1.31 bits per heavy atom. The van der Waals surface area contributed by atoms with E-state index in [1.165, 1.54) is 14.2 Å². The van der Waals surface area contributed by atoms with Gasteiger partial charge in [-0.25, -0.2) is 4.79 Å². The standard InChI is InChI=1S/C10H11BrO5/c1-14-7-3-6(11)4-8(10(7)15-2)16-5-9(12)13/h3-4H,5H2,1-2H3,(H,12,13). The zero-order valence-corrected chi connectivity index (χ0v) is 10.4.